The van der Waals surface area contributed by atoms with Gasteiger partial charge in [0, 0.05) is 13.1 Å². The molecule has 0 saturated carbocycles. The topological polar surface area (TPSA) is 89.6 Å². The number of carbonyl (C=O) groups is 1. The Morgan fingerprint density at radius 2 is 1.78 bits per heavy atom. The Kier molecular flexibility index (Phi) is 4.35. The van der Waals surface area contributed by atoms with Crippen molar-refractivity contribution in [2.45, 2.75) is 23.1 Å². The van der Waals surface area contributed by atoms with Gasteiger partial charge in [0.05, 0.1) is 15.7 Å². The normalized spacial score (nSPS) is 17.5. The van der Waals surface area contributed by atoms with Crippen molar-refractivity contribution in [1.82, 2.24) is 9.47 Å². The minimum absolute atomic E-state index is 0.126. The van der Waals surface area contributed by atoms with Crippen LogP contribution in [0.1, 0.15) is 6.42 Å². The summed E-state index contributed by atoms with van der Waals surface area (Å²) in [4.78, 5) is 26.4. The van der Waals surface area contributed by atoms with E-state index >= 15 is 0 Å². The van der Waals surface area contributed by atoms with Crippen LogP contribution in [0.4, 0.5) is 0 Å². The van der Waals surface area contributed by atoms with Crippen molar-refractivity contribution in [1.29, 1.82) is 0 Å². The lowest BCUT2D eigenvalue weighted by Gasteiger charge is -2.17. The highest BCUT2D eigenvalue weighted by atomic mass is 32.2. The summed E-state index contributed by atoms with van der Waals surface area (Å²) in [5.41, 5.74) is 0.963. The fourth-order valence-corrected chi connectivity index (χ4v) is 5.12. The van der Waals surface area contributed by atoms with Crippen LogP contribution in [0.3, 0.4) is 0 Å². The predicted octanol–water partition coefficient (Wildman–Crippen LogP) is 1.67. The largest absolute Gasteiger partial charge is 0.420 e. The van der Waals surface area contributed by atoms with Crippen LogP contribution in [-0.4, -0.2) is 42.1 Å². The average molecular weight is 386 g/mol. The van der Waals surface area contributed by atoms with Crippen molar-refractivity contribution < 1.29 is 17.6 Å². The zero-order valence-corrected chi connectivity index (χ0v) is 15.3. The highest BCUT2D eigenvalue weighted by Crippen LogP contribution is 2.24. The first-order valence-corrected chi connectivity index (χ1v) is 10.2. The van der Waals surface area contributed by atoms with Crippen LogP contribution >= 0.6 is 0 Å². The number of sulfone groups is 1. The number of carbonyl (C=O) groups excluding carboxylic acids is 1. The summed E-state index contributed by atoms with van der Waals surface area (Å²) < 4.78 is 31.9. The second-order valence-electron chi connectivity index (χ2n) is 6.53. The Balaban J connectivity index is 1.51. The molecule has 4 rings (SSSR count). The number of likely N-dealkylation sites (tertiary alicyclic amines) is 1. The summed E-state index contributed by atoms with van der Waals surface area (Å²) in [7, 11) is -3.49. The third-order valence-corrected chi connectivity index (χ3v) is 7.07. The van der Waals surface area contributed by atoms with E-state index in [1.54, 1.807) is 54.6 Å². The molecule has 2 heterocycles. The summed E-state index contributed by atoms with van der Waals surface area (Å²) in [6, 6.07) is 15.1. The average Bonchev–Trinajstić information content (AvgIpc) is 3.29. The zero-order chi connectivity index (χ0) is 19.0. The fourth-order valence-electron chi connectivity index (χ4n) is 3.41. The number of para-hydroxylation sites is 2. The van der Waals surface area contributed by atoms with Crippen LogP contribution in [0, 0.1) is 0 Å². The van der Waals surface area contributed by atoms with Gasteiger partial charge in [-0.2, -0.15) is 0 Å². The molecule has 8 heteroatoms. The van der Waals surface area contributed by atoms with Crippen molar-refractivity contribution >= 4 is 26.8 Å². The van der Waals surface area contributed by atoms with E-state index in [9.17, 15) is 18.0 Å². The maximum atomic E-state index is 12.7. The molecule has 0 N–H and O–H groups in total. The lowest BCUT2D eigenvalue weighted by molar-refractivity contribution is -0.130. The molecule has 1 aliphatic rings. The SMILES string of the molecule is O=C(Cn1c(=O)oc2ccccc21)N1CC[C@@H](S(=O)(=O)c2ccccc2)C1. The molecule has 0 aliphatic carbocycles. The van der Waals surface area contributed by atoms with Gasteiger partial charge in [-0.15, -0.1) is 0 Å². The fraction of sp³-hybridized carbons (Fsp3) is 0.263. The lowest BCUT2D eigenvalue weighted by Crippen LogP contribution is -2.35. The van der Waals surface area contributed by atoms with Gasteiger partial charge in [-0.1, -0.05) is 30.3 Å². The maximum absolute atomic E-state index is 12.7. The Hall–Kier alpha value is -2.87. The molecule has 0 unspecified atom stereocenters. The van der Waals surface area contributed by atoms with Crippen molar-refractivity contribution in [3.05, 3.63) is 65.1 Å². The van der Waals surface area contributed by atoms with Crippen LogP contribution in [0.5, 0.6) is 0 Å². The van der Waals surface area contributed by atoms with E-state index in [4.69, 9.17) is 4.42 Å². The third-order valence-electron chi connectivity index (χ3n) is 4.88. The second-order valence-corrected chi connectivity index (χ2v) is 8.76. The van der Waals surface area contributed by atoms with E-state index in [-0.39, 0.29) is 23.9 Å². The van der Waals surface area contributed by atoms with Crippen molar-refractivity contribution in [2.75, 3.05) is 13.1 Å². The number of aromatic nitrogens is 1. The van der Waals surface area contributed by atoms with Gasteiger partial charge >= 0.3 is 5.76 Å². The first-order valence-electron chi connectivity index (χ1n) is 8.62. The molecule has 0 bridgehead atoms. The van der Waals surface area contributed by atoms with Crippen LogP contribution in [0.25, 0.3) is 11.1 Å². The molecule has 1 fully saturated rings. The van der Waals surface area contributed by atoms with Crippen molar-refractivity contribution in [3.8, 4) is 0 Å². The highest BCUT2D eigenvalue weighted by Gasteiger charge is 2.36. The molecule has 0 radical (unpaired) electrons. The molecule has 140 valence electrons. The van der Waals surface area contributed by atoms with E-state index in [0.717, 1.165) is 0 Å². The molecule has 1 saturated heterocycles. The second kappa shape index (κ2) is 6.70. The smallest absolute Gasteiger partial charge is 0.408 e. The summed E-state index contributed by atoms with van der Waals surface area (Å²) in [6.07, 6.45) is 0.379. The van der Waals surface area contributed by atoms with Gasteiger partial charge in [0.15, 0.2) is 15.4 Å². The van der Waals surface area contributed by atoms with Crippen LogP contribution in [-0.2, 0) is 21.2 Å². The molecule has 3 aromatic rings. The number of hydrogen-bond acceptors (Lipinski definition) is 5. The Morgan fingerprint density at radius 1 is 1.07 bits per heavy atom. The van der Waals surface area contributed by atoms with Gasteiger partial charge in [-0.3, -0.25) is 9.36 Å². The number of nitrogens with zero attached hydrogens (tertiary/aromatic N) is 2. The van der Waals surface area contributed by atoms with Gasteiger partial charge in [-0.05, 0) is 30.7 Å². The molecular formula is C19H18N2O5S. The molecule has 27 heavy (non-hydrogen) atoms. The summed E-state index contributed by atoms with van der Waals surface area (Å²) >= 11 is 0. The predicted molar refractivity (Wildman–Crippen MR) is 99.1 cm³/mol. The van der Waals surface area contributed by atoms with E-state index in [0.29, 0.717) is 24.1 Å². The number of rotatable bonds is 4. The quantitative estimate of drug-likeness (QED) is 0.680. The van der Waals surface area contributed by atoms with Crippen LogP contribution < -0.4 is 5.76 Å². The number of fused-ring (bicyclic) bond motifs is 1. The lowest BCUT2D eigenvalue weighted by atomic mass is 10.3. The number of benzene rings is 2. The standard InChI is InChI=1S/C19H18N2O5S/c22-18(13-21-16-8-4-5-9-17(16)26-19(21)23)20-11-10-15(12-20)27(24,25)14-6-2-1-3-7-14/h1-9,15H,10-13H2/t15-/m1/s1. The molecule has 7 nitrogen and oxygen atoms in total. The molecular weight excluding hydrogens is 368 g/mol. The van der Waals surface area contributed by atoms with Crippen LogP contribution in [0.2, 0.25) is 0 Å². The van der Waals surface area contributed by atoms with Gasteiger partial charge in [0.25, 0.3) is 0 Å². The molecule has 1 atom stereocenters. The number of hydrogen-bond donors (Lipinski definition) is 0. The maximum Gasteiger partial charge on any atom is 0.420 e. The van der Waals surface area contributed by atoms with Crippen molar-refractivity contribution in [3.63, 3.8) is 0 Å². The molecule has 1 amide bonds. The summed E-state index contributed by atoms with van der Waals surface area (Å²) in [6.45, 7) is 0.300. The number of oxazole rings is 1. The monoisotopic (exact) mass is 386 g/mol. The van der Waals surface area contributed by atoms with Crippen molar-refractivity contribution in [2.24, 2.45) is 0 Å². The Labute approximate surface area is 155 Å². The van der Waals surface area contributed by atoms with Gasteiger partial charge < -0.3 is 9.32 Å². The summed E-state index contributed by atoms with van der Waals surface area (Å²) in [5, 5.41) is -0.637. The molecule has 2 aromatic carbocycles. The van der Waals surface area contributed by atoms with E-state index in [1.165, 1.54) is 9.47 Å². The third kappa shape index (κ3) is 3.16. The Bertz CT molecular complexity index is 1150. The van der Waals surface area contributed by atoms with E-state index in [2.05, 4.69) is 0 Å². The molecule has 1 aromatic heterocycles. The first-order chi connectivity index (χ1) is 13.0. The number of amides is 1. The Morgan fingerprint density at radius 3 is 2.56 bits per heavy atom. The summed E-state index contributed by atoms with van der Waals surface area (Å²) in [5.74, 6) is -0.897. The van der Waals surface area contributed by atoms with Gasteiger partial charge in [0.1, 0.15) is 6.54 Å². The minimum Gasteiger partial charge on any atom is -0.408 e. The highest BCUT2D eigenvalue weighted by molar-refractivity contribution is 7.92. The van der Waals surface area contributed by atoms with Crippen LogP contribution in [0.15, 0.2) is 68.7 Å². The zero-order valence-electron chi connectivity index (χ0n) is 14.4. The van der Waals surface area contributed by atoms with E-state index in [1.807, 2.05) is 0 Å². The van der Waals surface area contributed by atoms with Gasteiger partial charge in [-0.25, -0.2) is 13.2 Å². The van der Waals surface area contributed by atoms with E-state index < -0.39 is 20.8 Å². The minimum atomic E-state index is -3.49. The van der Waals surface area contributed by atoms with Gasteiger partial charge in [0.2, 0.25) is 5.91 Å². The molecule has 1 aliphatic heterocycles. The first kappa shape index (κ1) is 17.5. The molecule has 0 spiro atoms.